The Bertz CT molecular complexity index is 733. The molecule has 20 heavy (non-hydrogen) atoms. The van der Waals surface area contributed by atoms with Crippen LogP contribution in [0.1, 0.15) is 50.4 Å². The summed E-state index contributed by atoms with van der Waals surface area (Å²) in [5.41, 5.74) is 6.54. The molecule has 0 aromatic heterocycles. The summed E-state index contributed by atoms with van der Waals surface area (Å²) in [4.78, 5) is 11.7. The molecule has 2 atom stereocenters. The average Bonchev–Trinajstić information content (AvgIpc) is 3.02. The number of hydrogen-bond acceptors (Lipinski definition) is 3. The molecule has 0 radical (unpaired) electrons. The maximum atomic E-state index is 11.7. The number of fused-ring (bicyclic) bond motifs is 8. The van der Waals surface area contributed by atoms with E-state index in [0.717, 1.165) is 5.56 Å². The van der Waals surface area contributed by atoms with E-state index in [9.17, 15) is 4.79 Å². The normalized spacial score (nSPS) is 21.5. The highest BCUT2D eigenvalue weighted by Gasteiger charge is 2.42. The van der Waals surface area contributed by atoms with Crippen LogP contribution in [-0.4, -0.2) is 13.1 Å². The summed E-state index contributed by atoms with van der Waals surface area (Å²) in [7, 11) is 1.40. The van der Waals surface area contributed by atoms with E-state index in [0.29, 0.717) is 5.56 Å². The lowest BCUT2D eigenvalue weighted by Crippen LogP contribution is -2.07. The molecule has 0 aliphatic carbocycles. The van der Waals surface area contributed by atoms with Gasteiger partial charge in [-0.3, -0.25) is 0 Å². The van der Waals surface area contributed by atoms with Gasteiger partial charge in [0.25, 0.3) is 0 Å². The third kappa shape index (κ3) is 1.41. The summed E-state index contributed by atoms with van der Waals surface area (Å²) in [5, 5.41) is 0. The van der Waals surface area contributed by atoms with Crippen molar-refractivity contribution in [2.24, 2.45) is 0 Å². The van der Waals surface area contributed by atoms with Crippen LogP contribution in [0.3, 0.4) is 0 Å². The number of ether oxygens (including phenoxy) is 2. The van der Waals surface area contributed by atoms with Crippen molar-refractivity contribution in [1.82, 2.24) is 0 Å². The van der Waals surface area contributed by atoms with Crippen LogP contribution in [0.15, 0.2) is 36.4 Å². The summed E-state index contributed by atoms with van der Waals surface area (Å²) in [5.74, 6) is -0.306. The van der Waals surface area contributed by atoms with E-state index in [2.05, 4.69) is 25.1 Å². The molecule has 0 fully saturated rings. The van der Waals surface area contributed by atoms with E-state index >= 15 is 0 Å². The minimum Gasteiger partial charge on any atom is -0.465 e. The highest BCUT2D eigenvalue weighted by Crippen LogP contribution is 2.54. The van der Waals surface area contributed by atoms with Crippen molar-refractivity contribution >= 4 is 5.97 Å². The number of carbonyl (C=O) groups excluding carboxylic acids is 1. The molecule has 2 aromatic carbocycles. The fourth-order valence-corrected chi connectivity index (χ4v) is 3.21. The molecule has 2 unspecified atom stereocenters. The predicted octanol–water partition coefficient (Wildman–Crippen LogP) is 3.30. The Morgan fingerprint density at radius 2 is 1.65 bits per heavy atom. The Labute approximate surface area is 117 Å². The third-order valence-electron chi connectivity index (χ3n) is 4.15. The first-order valence-corrected chi connectivity index (χ1v) is 6.67. The van der Waals surface area contributed by atoms with Crippen LogP contribution in [0, 0.1) is 6.92 Å². The first-order valence-electron chi connectivity index (χ1n) is 6.67. The molecule has 100 valence electrons. The highest BCUT2D eigenvalue weighted by molar-refractivity contribution is 5.90. The number of methoxy groups -OCH3 is 1. The zero-order chi connectivity index (χ0) is 13.9. The summed E-state index contributed by atoms with van der Waals surface area (Å²) < 4.78 is 10.9. The maximum Gasteiger partial charge on any atom is 0.337 e. The maximum absolute atomic E-state index is 11.7. The van der Waals surface area contributed by atoms with Gasteiger partial charge in [0.2, 0.25) is 0 Å². The zero-order valence-corrected chi connectivity index (χ0v) is 11.3. The molecule has 0 saturated carbocycles. The van der Waals surface area contributed by atoms with Gasteiger partial charge >= 0.3 is 5.97 Å². The smallest absolute Gasteiger partial charge is 0.337 e. The Balaban J connectivity index is 1.85. The van der Waals surface area contributed by atoms with E-state index in [1.807, 2.05) is 18.2 Å². The van der Waals surface area contributed by atoms with E-state index in [-0.39, 0.29) is 18.2 Å². The van der Waals surface area contributed by atoms with Gasteiger partial charge in [-0.15, -0.1) is 0 Å². The number of benzene rings is 2. The minimum atomic E-state index is -0.306. The topological polar surface area (TPSA) is 35.5 Å². The van der Waals surface area contributed by atoms with Crippen LogP contribution in [-0.2, 0) is 9.47 Å². The molecule has 3 nitrogen and oxygen atoms in total. The van der Waals surface area contributed by atoms with Crippen LogP contribution >= 0.6 is 0 Å². The Hall–Kier alpha value is -2.13. The standard InChI is InChI=1S/C17H14O3/c1-9-3-5-11-13(7-9)16-14-8-10(17(18)19-2)4-6-12(14)15(11)20-16/h3-8,15-16H,1-2H3. The lowest BCUT2D eigenvalue weighted by molar-refractivity contribution is 0.0600. The molecule has 3 heteroatoms. The van der Waals surface area contributed by atoms with Crippen molar-refractivity contribution < 1.29 is 14.3 Å². The number of carbonyl (C=O) groups is 1. The molecule has 2 heterocycles. The first kappa shape index (κ1) is 11.7. The van der Waals surface area contributed by atoms with Crippen LogP contribution in [0.5, 0.6) is 0 Å². The van der Waals surface area contributed by atoms with E-state index in [1.165, 1.54) is 29.4 Å². The molecule has 2 aliphatic heterocycles. The monoisotopic (exact) mass is 266 g/mol. The van der Waals surface area contributed by atoms with Gasteiger partial charge in [0.15, 0.2) is 0 Å². The zero-order valence-electron chi connectivity index (χ0n) is 11.3. The lowest BCUT2D eigenvalue weighted by atomic mass is 9.84. The SMILES string of the molecule is COC(=O)c1ccc2c(c1)C1OC2c2ccc(C)cc21. The molecule has 2 bridgehead atoms. The quantitative estimate of drug-likeness (QED) is 0.743. The fraction of sp³-hybridized carbons (Fsp3) is 0.235. The molecular formula is C17H14O3. The van der Waals surface area contributed by atoms with Gasteiger partial charge in [-0.05, 0) is 41.3 Å². The Morgan fingerprint density at radius 1 is 1.00 bits per heavy atom. The van der Waals surface area contributed by atoms with Crippen molar-refractivity contribution in [1.29, 1.82) is 0 Å². The molecule has 0 amide bonds. The molecule has 0 spiro atoms. The van der Waals surface area contributed by atoms with Crippen molar-refractivity contribution in [3.05, 3.63) is 69.8 Å². The van der Waals surface area contributed by atoms with Crippen LogP contribution < -0.4 is 0 Å². The van der Waals surface area contributed by atoms with Gasteiger partial charge in [0, 0.05) is 0 Å². The molecule has 0 saturated heterocycles. The lowest BCUT2D eigenvalue weighted by Gasteiger charge is -2.16. The van der Waals surface area contributed by atoms with Crippen LogP contribution in [0.25, 0.3) is 0 Å². The first-order chi connectivity index (χ1) is 9.69. The summed E-state index contributed by atoms with van der Waals surface area (Å²) in [6, 6.07) is 12.1. The summed E-state index contributed by atoms with van der Waals surface area (Å²) in [6.45, 7) is 2.08. The van der Waals surface area contributed by atoms with Gasteiger partial charge in [-0.1, -0.05) is 29.8 Å². The highest BCUT2D eigenvalue weighted by atomic mass is 16.5. The molecular weight excluding hydrogens is 252 g/mol. The second-order valence-corrected chi connectivity index (χ2v) is 5.36. The van der Waals surface area contributed by atoms with Crippen molar-refractivity contribution in [3.8, 4) is 0 Å². The number of rotatable bonds is 1. The van der Waals surface area contributed by atoms with E-state index in [1.54, 1.807) is 0 Å². The van der Waals surface area contributed by atoms with Crippen molar-refractivity contribution in [2.45, 2.75) is 19.1 Å². The van der Waals surface area contributed by atoms with Crippen LogP contribution in [0.2, 0.25) is 0 Å². The molecule has 0 N–H and O–H groups in total. The van der Waals surface area contributed by atoms with Gasteiger partial charge in [-0.25, -0.2) is 4.79 Å². The molecule has 4 rings (SSSR count). The van der Waals surface area contributed by atoms with Crippen LogP contribution in [0.4, 0.5) is 0 Å². The van der Waals surface area contributed by atoms with E-state index < -0.39 is 0 Å². The van der Waals surface area contributed by atoms with Gasteiger partial charge in [0.05, 0.1) is 12.7 Å². The Morgan fingerprint density at radius 3 is 2.40 bits per heavy atom. The van der Waals surface area contributed by atoms with Crippen molar-refractivity contribution in [2.75, 3.05) is 7.11 Å². The summed E-state index contributed by atoms with van der Waals surface area (Å²) in [6.07, 6.45) is -0.0354. The van der Waals surface area contributed by atoms with E-state index in [4.69, 9.17) is 9.47 Å². The minimum absolute atomic E-state index is 0.0114. The average molecular weight is 266 g/mol. The number of aryl methyl sites for hydroxylation is 1. The second kappa shape index (κ2) is 3.93. The number of esters is 1. The predicted molar refractivity (Wildman–Crippen MR) is 73.7 cm³/mol. The fourth-order valence-electron chi connectivity index (χ4n) is 3.21. The largest absolute Gasteiger partial charge is 0.465 e. The number of hydrogen-bond donors (Lipinski definition) is 0. The second-order valence-electron chi connectivity index (χ2n) is 5.36. The molecule has 2 aromatic rings. The third-order valence-corrected chi connectivity index (χ3v) is 4.15. The van der Waals surface area contributed by atoms with Gasteiger partial charge in [-0.2, -0.15) is 0 Å². The van der Waals surface area contributed by atoms with Gasteiger partial charge < -0.3 is 9.47 Å². The summed E-state index contributed by atoms with van der Waals surface area (Å²) >= 11 is 0. The molecule has 2 aliphatic rings. The Kier molecular flexibility index (Phi) is 2.30. The van der Waals surface area contributed by atoms with Gasteiger partial charge in [0.1, 0.15) is 12.2 Å². The van der Waals surface area contributed by atoms with Crippen molar-refractivity contribution in [3.63, 3.8) is 0 Å².